The minimum Gasteiger partial charge on any atom is -0.324 e. The number of halogens is 6. The number of urea groups is 1. The van der Waals surface area contributed by atoms with E-state index in [-0.39, 0.29) is 26.2 Å². The molecule has 2 aliphatic heterocycles. The fourth-order valence-electron chi connectivity index (χ4n) is 2.56. The molecule has 0 unspecified atom stereocenters. The van der Waals surface area contributed by atoms with Crippen molar-refractivity contribution in [3.8, 4) is 0 Å². The van der Waals surface area contributed by atoms with Crippen LogP contribution in [0.3, 0.4) is 0 Å². The molecule has 3 nitrogen and oxygen atoms in total. The van der Waals surface area contributed by atoms with E-state index in [4.69, 9.17) is 0 Å². The number of carbonyl (C=O) groups is 1. The van der Waals surface area contributed by atoms with E-state index in [0.29, 0.717) is 0 Å². The first kappa shape index (κ1) is 15.2. The molecule has 0 aliphatic carbocycles. The van der Waals surface area contributed by atoms with E-state index >= 15 is 0 Å². The van der Waals surface area contributed by atoms with Gasteiger partial charge in [0, 0.05) is 50.9 Å². The van der Waals surface area contributed by atoms with Crippen molar-refractivity contribution in [3.05, 3.63) is 0 Å². The summed E-state index contributed by atoms with van der Waals surface area (Å²) in [6, 6.07) is -0.457. The monoisotopic (exact) mass is 304 g/mol. The molecule has 0 saturated carbocycles. The quantitative estimate of drug-likeness (QED) is 0.720. The number of likely N-dealkylation sites (tertiary alicyclic amines) is 2. The molecule has 0 aromatic heterocycles. The standard InChI is InChI=1S/C11H14F6N2O/c12-10(13,14)1-7-3-18(4-7)9(20)19-5-8(6-19)2-11(15,16)17/h7-8H,1-6H2. The van der Waals surface area contributed by atoms with Crippen LogP contribution in [0.25, 0.3) is 0 Å². The molecule has 0 N–H and O–H groups in total. The molecule has 20 heavy (non-hydrogen) atoms. The van der Waals surface area contributed by atoms with Gasteiger partial charge in [0.05, 0.1) is 0 Å². The zero-order valence-corrected chi connectivity index (χ0v) is 10.5. The van der Waals surface area contributed by atoms with E-state index in [9.17, 15) is 31.1 Å². The van der Waals surface area contributed by atoms with Crippen molar-refractivity contribution in [3.63, 3.8) is 0 Å². The van der Waals surface area contributed by atoms with Gasteiger partial charge in [-0.25, -0.2) is 4.79 Å². The van der Waals surface area contributed by atoms with Crippen molar-refractivity contribution in [2.75, 3.05) is 26.2 Å². The summed E-state index contributed by atoms with van der Waals surface area (Å²) in [6.45, 7) is 0.106. The lowest BCUT2D eigenvalue weighted by Gasteiger charge is -2.47. The number of hydrogen-bond acceptors (Lipinski definition) is 1. The summed E-state index contributed by atoms with van der Waals surface area (Å²) in [5.41, 5.74) is 0. The Morgan fingerprint density at radius 2 is 1.10 bits per heavy atom. The Labute approximate surface area is 111 Å². The molecule has 9 heteroatoms. The first-order valence-electron chi connectivity index (χ1n) is 6.21. The van der Waals surface area contributed by atoms with E-state index in [1.807, 2.05) is 0 Å². The average Bonchev–Trinajstić information content (AvgIpc) is 2.12. The van der Waals surface area contributed by atoms with Gasteiger partial charge in [0.25, 0.3) is 0 Å². The fourth-order valence-corrected chi connectivity index (χ4v) is 2.56. The van der Waals surface area contributed by atoms with Gasteiger partial charge >= 0.3 is 18.4 Å². The zero-order valence-electron chi connectivity index (χ0n) is 10.5. The molecule has 0 spiro atoms. The summed E-state index contributed by atoms with van der Waals surface area (Å²) >= 11 is 0. The maximum Gasteiger partial charge on any atom is 0.389 e. The van der Waals surface area contributed by atoms with Crippen LogP contribution < -0.4 is 0 Å². The van der Waals surface area contributed by atoms with Crippen LogP contribution in [-0.4, -0.2) is 54.4 Å². The number of nitrogens with zero attached hydrogens (tertiary/aromatic N) is 2. The first-order chi connectivity index (χ1) is 9.03. The largest absolute Gasteiger partial charge is 0.389 e. The van der Waals surface area contributed by atoms with Gasteiger partial charge in [-0.3, -0.25) is 0 Å². The van der Waals surface area contributed by atoms with E-state index in [0.717, 1.165) is 0 Å². The van der Waals surface area contributed by atoms with Crippen LogP contribution in [0.5, 0.6) is 0 Å². The smallest absolute Gasteiger partial charge is 0.324 e. The van der Waals surface area contributed by atoms with E-state index in [2.05, 4.69) is 0 Å². The van der Waals surface area contributed by atoms with Gasteiger partial charge in [-0.2, -0.15) is 26.3 Å². The number of carbonyl (C=O) groups excluding carboxylic acids is 1. The predicted octanol–water partition coefficient (Wildman–Crippen LogP) is 2.87. The Morgan fingerprint density at radius 1 is 0.800 bits per heavy atom. The third kappa shape index (κ3) is 3.92. The molecule has 2 heterocycles. The Bertz CT molecular complexity index is 334. The van der Waals surface area contributed by atoms with Gasteiger partial charge in [0.2, 0.25) is 0 Å². The van der Waals surface area contributed by atoms with Gasteiger partial charge in [-0.15, -0.1) is 0 Å². The molecular weight excluding hydrogens is 290 g/mol. The number of amides is 2. The highest BCUT2D eigenvalue weighted by atomic mass is 19.4. The highest BCUT2D eigenvalue weighted by molar-refractivity contribution is 5.76. The molecule has 0 bridgehead atoms. The van der Waals surface area contributed by atoms with Crippen LogP contribution >= 0.6 is 0 Å². The summed E-state index contributed by atoms with van der Waals surface area (Å²) in [6.07, 6.45) is -10.3. The third-order valence-corrected chi connectivity index (χ3v) is 3.50. The first-order valence-corrected chi connectivity index (χ1v) is 6.21. The van der Waals surface area contributed by atoms with Crippen LogP contribution in [0.4, 0.5) is 31.1 Å². The Kier molecular flexibility index (Phi) is 3.81. The van der Waals surface area contributed by atoms with Crippen LogP contribution in [0.15, 0.2) is 0 Å². The second-order valence-corrected chi connectivity index (χ2v) is 5.46. The molecular formula is C11H14F6N2O. The number of rotatable bonds is 2. The second kappa shape index (κ2) is 5.00. The molecule has 2 aliphatic rings. The van der Waals surface area contributed by atoms with Crippen molar-refractivity contribution in [1.29, 1.82) is 0 Å². The molecule has 0 aromatic carbocycles. The lowest BCUT2D eigenvalue weighted by atomic mass is 9.94. The SMILES string of the molecule is O=C(N1CC(CC(F)(F)F)C1)N1CC(CC(F)(F)F)C1. The summed E-state index contributed by atoms with van der Waals surface area (Å²) in [5, 5.41) is 0. The summed E-state index contributed by atoms with van der Waals surface area (Å²) < 4.78 is 72.5. The van der Waals surface area contributed by atoms with Crippen molar-refractivity contribution in [2.45, 2.75) is 25.2 Å². The topological polar surface area (TPSA) is 23.6 Å². The molecule has 0 atom stereocenters. The van der Waals surface area contributed by atoms with Crippen LogP contribution in [0.2, 0.25) is 0 Å². The maximum absolute atomic E-state index is 12.1. The molecule has 2 rings (SSSR count). The van der Waals surface area contributed by atoms with Gasteiger partial charge in [-0.05, 0) is 0 Å². The Morgan fingerprint density at radius 3 is 1.35 bits per heavy atom. The van der Waals surface area contributed by atoms with Gasteiger partial charge in [0.1, 0.15) is 0 Å². The van der Waals surface area contributed by atoms with E-state index in [1.165, 1.54) is 9.80 Å². The van der Waals surface area contributed by atoms with Crippen molar-refractivity contribution in [2.24, 2.45) is 11.8 Å². The molecule has 2 saturated heterocycles. The fraction of sp³-hybridized carbons (Fsp3) is 0.909. The predicted molar refractivity (Wildman–Crippen MR) is 56.9 cm³/mol. The van der Waals surface area contributed by atoms with Crippen molar-refractivity contribution >= 4 is 6.03 Å². The van der Waals surface area contributed by atoms with Crippen LogP contribution in [0, 0.1) is 11.8 Å². The van der Waals surface area contributed by atoms with Crippen molar-refractivity contribution in [1.82, 2.24) is 9.80 Å². The molecule has 0 aromatic rings. The Balaban J connectivity index is 1.67. The number of hydrogen-bond donors (Lipinski definition) is 0. The van der Waals surface area contributed by atoms with Crippen LogP contribution in [-0.2, 0) is 0 Å². The second-order valence-electron chi connectivity index (χ2n) is 5.46. The third-order valence-electron chi connectivity index (χ3n) is 3.50. The van der Waals surface area contributed by atoms with Crippen LogP contribution in [0.1, 0.15) is 12.8 Å². The van der Waals surface area contributed by atoms with E-state index in [1.54, 1.807) is 0 Å². The average molecular weight is 304 g/mol. The molecule has 116 valence electrons. The lowest BCUT2D eigenvalue weighted by molar-refractivity contribution is -0.156. The Hall–Kier alpha value is -1.15. The zero-order chi connectivity index (χ0) is 15.1. The normalized spacial score (nSPS) is 21.7. The summed E-state index contributed by atoms with van der Waals surface area (Å²) in [5.74, 6) is -1.18. The van der Waals surface area contributed by atoms with E-state index < -0.39 is 43.1 Å². The molecule has 0 radical (unpaired) electrons. The highest BCUT2D eigenvalue weighted by Gasteiger charge is 2.44. The highest BCUT2D eigenvalue weighted by Crippen LogP contribution is 2.34. The van der Waals surface area contributed by atoms with Gasteiger partial charge < -0.3 is 9.80 Å². The molecule has 2 amide bonds. The van der Waals surface area contributed by atoms with Crippen molar-refractivity contribution < 1.29 is 31.1 Å². The maximum atomic E-state index is 12.1. The van der Waals surface area contributed by atoms with Gasteiger partial charge in [0.15, 0.2) is 0 Å². The summed E-state index contributed by atoms with van der Waals surface area (Å²) in [4.78, 5) is 14.2. The minimum atomic E-state index is -4.24. The summed E-state index contributed by atoms with van der Waals surface area (Å²) in [7, 11) is 0. The lowest BCUT2D eigenvalue weighted by Crippen LogP contribution is -2.61. The minimum absolute atomic E-state index is 0.0266. The molecule has 2 fully saturated rings. The van der Waals surface area contributed by atoms with Gasteiger partial charge in [-0.1, -0.05) is 0 Å². The number of alkyl halides is 6.